The number of anilines is 1. The van der Waals surface area contributed by atoms with Crippen molar-refractivity contribution in [1.29, 1.82) is 0 Å². The monoisotopic (exact) mass is 667 g/mol. The van der Waals surface area contributed by atoms with E-state index in [0.29, 0.717) is 23.7 Å². The Bertz CT molecular complexity index is 1690. The van der Waals surface area contributed by atoms with E-state index in [-0.39, 0.29) is 34.5 Å². The van der Waals surface area contributed by atoms with Crippen LogP contribution in [0.4, 0.5) is 5.69 Å². The molecule has 0 bridgehead atoms. The van der Waals surface area contributed by atoms with Crippen molar-refractivity contribution in [1.82, 2.24) is 10.2 Å². The van der Waals surface area contributed by atoms with E-state index in [1.807, 2.05) is 37.3 Å². The number of sulfonamides is 1. The quantitative estimate of drug-likeness (QED) is 0.169. The summed E-state index contributed by atoms with van der Waals surface area (Å²) in [6, 6.07) is 27.7. The molecule has 1 atom stereocenters. The number of hydrogen-bond donors (Lipinski definition) is 1. The molecule has 11 heteroatoms. The van der Waals surface area contributed by atoms with Gasteiger partial charge in [-0.05, 0) is 60.0 Å². The number of rotatable bonds is 14. The minimum atomic E-state index is -4.25. The fraction of sp³-hybridized carbons (Fsp3) is 0.235. The van der Waals surface area contributed by atoms with Gasteiger partial charge in [0.05, 0.1) is 22.7 Å². The molecule has 0 aliphatic rings. The van der Waals surface area contributed by atoms with Crippen molar-refractivity contribution >= 4 is 50.7 Å². The third-order valence-electron chi connectivity index (χ3n) is 7.12. The van der Waals surface area contributed by atoms with Gasteiger partial charge in [-0.25, -0.2) is 8.42 Å². The third kappa shape index (κ3) is 8.78. The van der Waals surface area contributed by atoms with E-state index in [2.05, 4.69) is 5.32 Å². The molecule has 0 aromatic heterocycles. The zero-order valence-electron chi connectivity index (χ0n) is 25.0. The lowest BCUT2D eigenvalue weighted by Gasteiger charge is -2.34. The van der Waals surface area contributed by atoms with Crippen molar-refractivity contribution < 1.29 is 22.7 Å². The summed E-state index contributed by atoms with van der Waals surface area (Å²) < 4.78 is 34.4. The average Bonchev–Trinajstić information content (AvgIpc) is 3.05. The lowest BCUT2D eigenvalue weighted by atomic mass is 10.0. The number of ether oxygens (including phenoxy) is 1. The van der Waals surface area contributed by atoms with Gasteiger partial charge >= 0.3 is 0 Å². The standard InChI is InChI=1S/C34H35Cl2N3O5S/c1-3-20-37-34(41)31(21-25-10-6-4-7-11-25)38(23-26-14-16-27(35)17-15-26)33(40)24-39(28-18-19-32(44-2)30(36)22-28)45(42,43)29-12-8-5-9-13-29/h4-19,22,31H,3,20-21,23-24H2,1-2H3,(H,37,41). The summed E-state index contributed by atoms with van der Waals surface area (Å²) in [6.07, 6.45) is 0.922. The number of benzene rings is 4. The van der Waals surface area contributed by atoms with Crippen molar-refractivity contribution in [3.8, 4) is 5.75 Å². The Kier molecular flexibility index (Phi) is 11.9. The van der Waals surface area contributed by atoms with Crippen LogP contribution in [0.15, 0.2) is 108 Å². The SMILES string of the molecule is CCCNC(=O)C(Cc1ccccc1)N(Cc1ccc(Cl)cc1)C(=O)CN(c1ccc(OC)c(Cl)c1)S(=O)(=O)c1ccccc1. The van der Waals surface area contributed by atoms with Crippen LogP contribution in [-0.2, 0) is 32.6 Å². The molecule has 4 aromatic rings. The fourth-order valence-corrected chi connectivity index (χ4v) is 6.57. The topological polar surface area (TPSA) is 96.0 Å². The van der Waals surface area contributed by atoms with E-state index in [4.69, 9.17) is 27.9 Å². The molecule has 8 nitrogen and oxygen atoms in total. The number of carbonyl (C=O) groups excluding carboxylic acids is 2. The van der Waals surface area contributed by atoms with Gasteiger partial charge in [0.2, 0.25) is 11.8 Å². The smallest absolute Gasteiger partial charge is 0.264 e. The predicted molar refractivity (Wildman–Crippen MR) is 178 cm³/mol. The van der Waals surface area contributed by atoms with Crippen molar-refractivity contribution in [2.75, 3.05) is 24.5 Å². The zero-order valence-corrected chi connectivity index (χ0v) is 27.4. The summed E-state index contributed by atoms with van der Waals surface area (Å²) in [5.74, 6) is -0.569. The summed E-state index contributed by atoms with van der Waals surface area (Å²) in [4.78, 5) is 29.6. The highest BCUT2D eigenvalue weighted by molar-refractivity contribution is 7.92. The van der Waals surface area contributed by atoms with Crippen LogP contribution in [-0.4, -0.2) is 51.4 Å². The number of carbonyl (C=O) groups is 2. The van der Waals surface area contributed by atoms with Gasteiger partial charge in [-0.3, -0.25) is 13.9 Å². The molecule has 1 N–H and O–H groups in total. The Morgan fingerprint density at radius 1 is 0.867 bits per heavy atom. The first kappa shape index (κ1) is 33.8. The number of halogens is 2. The van der Waals surface area contributed by atoms with Crippen LogP contribution in [0.25, 0.3) is 0 Å². The Morgan fingerprint density at radius 2 is 1.51 bits per heavy atom. The van der Waals surface area contributed by atoms with Gasteiger partial charge in [-0.2, -0.15) is 0 Å². The van der Waals surface area contributed by atoms with E-state index < -0.39 is 28.5 Å². The van der Waals surface area contributed by atoms with Gasteiger partial charge in [0, 0.05) is 24.5 Å². The molecule has 2 amide bonds. The maximum Gasteiger partial charge on any atom is 0.264 e. The Morgan fingerprint density at radius 3 is 2.11 bits per heavy atom. The molecule has 45 heavy (non-hydrogen) atoms. The Labute approximate surface area is 274 Å². The van der Waals surface area contributed by atoms with Crippen molar-refractivity contribution in [2.24, 2.45) is 0 Å². The van der Waals surface area contributed by atoms with Gasteiger partial charge < -0.3 is 15.0 Å². The highest BCUT2D eigenvalue weighted by Crippen LogP contribution is 2.32. The molecule has 0 heterocycles. The molecule has 0 saturated heterocycles. The summed E-state index contributed by atoms with van der Waals surface area (Å²) in [6.45, 7) is 1.80. The molecule has 4 aromatic carbocycles. The number of hydrogen-bond acceptors (Lipinski definition) is 5. The van der Waals surface area contributed by atoms with E-state index in [0.717, 1.165) is 15.4 Å². The maximum absolute atomic E-state index is 14.5. The molecule has 0 radical (unpaired) electrons. The molecule has 0 saturated carbocycles. The molecule has 0 spiro atoms. The second kappa shape index (κ2) is 15.8. The average molecular weight is 669 g/mol. The van der Waals surface area contributed by atoms with Crippen molar-refractivity contribution in [3.63, 3.8) is 0 Å². The van der Waals surface area contributed by atoms with E-state index in [9.17, 15) is 18.0 Å². The summed E-state index contributed by atoms with van der Waals surface area (Å²) in [7, 11) is -2.80. The molecular weight excluding hydrogens is 633 g/mol. The lowest BCUT2D eigenvalue weighted by Crippen LogP contribution is -2.53. The van der Waals surface area contributed by atoms with Gasteiger partial charge in [0.1, 0.15) is 18.3 Å². The number of amides is 2. The number of nitrogens with zero attached hydrogens (tertiary/aromatic N) is 2. The molecule has 0 aliphatic carbocycles. The van der Waals surface area contributed by atoms with Gasteiger partial charge in [0.25, 0.3) is 10.0 Å². The Balaban J connectivity index is 1.81. The minimum Gasteiger partial charge on any atom is -0.495 e. The summed E-state index contributed by atoms with van der Waals surface area (Å²) in [5, 5.41) is 3.63. The third-order valence-corrected chi connectivity index (χ3v) is 9.46. The highest BCUT2D eigenvalue weighted by Gasteiger charge is 2.34. The van der Waals surface area contributed by atoms with Crippen LogP contribution in [0.1, 0.15) is 24.5 Å². The van der Waals surface area contributed by atoms with Crippen LogP contribution >= 0.6 is 23.2 Å². The first-order valence-electron chi connectivity index (χ1n) is 14.4. The largest absolute Gasteiger partial charge is 0.495 e. The van der Waals surface area contributed by atoms with Crippen LogP contribution in [0.5, 0.6) is 5.75 Å². The van der Waals surface area contributed by atoms with Crippen molar-refractivity contribution in [2.45, 2.75) is 37.2 Å². The first-order valence-corrected chi connectivity index (χ1v) is 16.6. The van der Waals surface area contributed by atoms with Crippen LogP contribution in [0.2, 0.25) is 10.0 Å². The van der Waals surface area contributed by atoms with Gasteiger partial charge in [0.15, 0.2) is 0 Å². The molecular formula is C34H35Cl2N3O5S. The van der Waals surface area contributed by atoms with E-state index in [1.54, 1.807) is 42.5 Å². The normalized spacial score (nSPS) is 11.8. The minimum absolute atomic E-state index is 0.00415. The van der Waals surface area contributed by atoms with E-state index >= 15 is 0 Å². The first-order chi connectivity index (χ1) is 21.6. The summed E-state index contributed by atoms with van der Waals surface area (Å²) in [5.41, 5.74) is 1.73. The molecule has 0 aliphatic heterocycles. The molecule has 0 fully saturated rings. The van der Waals surface area contributed by atoms with Gasteiger partial charge in [-0.15, -0.1) is 0 Å². The van der Waals surface area contributed by atoms with Crippen LogP contribution in [0.3, 0.4) is 0 Å². The van der Waals surface area contributed by atoms with Crippen molar-refractivity contribution in [3.05, 3.63) is 124 Å². The highest BCUT2D eigenvalue weighted by atomic mass is 35.5. The number of methoxy groups -OCH3 is 1. The second-order valence-corrected chi connectivity index (χ2v) is 13.0. The van der Waals surface area contributed by atoms with Gasteiger partial charge in [-0.1, -0.05) is 90.8 Å². The van der Waals surface area contributed by atoms with Crippen LogP contribution < -0.4 is 14.4 Å². The maximum atomic E-state index is 14.5. The lowest BCUT2D eigenvalue weighted by molar-refractivity contribution is -0.140. The molecule has 1 unspecified atom stereocenters. The fourth-order valence-electron chi connectivity index (χ4n) is 4.77. The van der Waals surface area contributed by atoms with E-state index in [1.165, 1.54) is 42.3 Å². The van der Waals surface area contributed by atoms with Crippen LogP contribution in [0, 0.1) is 0 Å². The summed E-state index contributed by atoms with van der Waals surface area (Å²) >= 11 is 12.5. The number of nitrogens with one attached hydrogen (secondary N) is 1. The molecule has 4 rings (SSSR count). The molecule has 236 valence electrons. The zero-order chi connectivity index (χ0) is 32.4. The Hall–Kier alpha value is -4.05. The predicted octanol–water partition coefficient (Wildman–Crippen LogP) is 6.36. The second-order valence-electron chi connectivity index (χ2n) is 10.3.